The van der Waals surface area contributed by atoms with Gasteiger partial charge in [-0.3, -0.25) is 4.79 Å². The molecule has 2 nitrogen and oxygen atoms in total. The zero-order chi connectivity index (χ0) is 11.5. The van der Waals surface area contributed by atoms with Crippen LogP contribution in [0.3, 0.4) is 0 Å². The summed E-state index contributed by atoms with van der Waals surface area (Å²) in [5, 5.41) is 3.88. The maximum absolute atomic E-state index is 11.8. The molecule has 1 aliphatic rings. The topological polar surface area (TPSA) is 29.1 Å². The van der Waals surface area contributed by atoms with E-state index in [1.807, 2.05) is 24.3 Å². The number of hydrogen-bond donors (Lipinski definition) is 1. The maximum Gasteiger partial charge on any atom is 0.251 e. The number of alkyl halides is 1. The fraction of sp³-hybridized carbons (Fsp3) is 0.462. The van der Waals surface area contributed by atoms with Crippen LogP contribution in [0.5, 0.6) is 0 Å². The Morgan fingerprint density at radius 2 is 2.00 bits per heavy atom. The molecule has 0 saturated heterocycles. The molecule has 0 atom stereocenters. The van der Waals surface area contributed by atoms with Gasteiger partial charge in [0.2, 0.25) is 0 Å². The van der Waals surface area contributed by atoms with Gasteiger partial charge in [0, 0.05) is 16.9 Å². The van der Waals surface area contributed by atoms with Crippen LogP contribution in [0.15, 0.2) is 24.3 Å². The first-order valence-corrected chi connectivity index (χ1v) is 6.77. The van der Waals surface area contributed by atoms with Gasteiger partial charge in [-0.05, 0) is 36.5 Å². The van der Waals surface area contributed by atoms with Gasteiger partial charge in [0.15, 0.2) is 0 Å². The summed E-state index contributed by atoms with van der Waals surface area (Å²) in [5.41, 5.74) is 1.94. The number of hydrogen-bond acceptors (Lipinski definition) is 1. The maximum atomic E-state index is 11.8. The third-order valence-electron chi connectivity index (χ3n) is 3.08. The molecule has 0 spiro atoms. The molecule has 0 heterocycles. The Kier molecular flexibility index (Phi) is 3.64. The molecular formula is C13H16BrNO. The van der Waals surface area contributed by atoms with E-state index in [4.69, 9.17) is 0 Å². The quantitative estimate of drug-likeness (QED) is 0.848. The van der Waals surface area contributed by atoms with Crippen molar-refractivity contribution in [3.8, 4) is 0 Å². The Morgan fingerprint density at radius 3 is 2.50 bits per heavy atom. The number of amides is 1. The van der Waals surface area contributed by atoms with Crippen LogP contribution in [0, 0.1) is 5.92 Å². The molecule has 1 fully saturated rings. The molecule has 1 aromatic rings. The van der Waals surface area contributed by atoms with Crippen LogP contribution < -0.4 is 5.32 Å². The largest absolute Gasteiger partial charge is 0.349 e. The minimum atomic E-state index is 0.0537. The fourth-order valence-electron chi connectivity index (χ4n) is 2.03. The Morgan fingerprint density at radius 1 is 1.38 bits per heavy atom. The third-order valence-corrected chi connectivity index (χ3v) is 3.73. The molecule has 3 heteroatoms. The Hall–Kier alpha value is -0.830. The number of benzene rings is 1. The highest BCUT2D eigenvalue weighted by Crippen LogP contribution is 2.26. The molecule has 1 saturated carbocycles. The van der Waals surface area contributed by atoms with Crippen molar-refractivity contribution in [3.05, 3.63) is 35.4 Å². The van der Waals surface area contributed by atoms with Crippen molar-refractivity contribution in [2.75, 3.05) is 0 Å². The highest BCUT2D eigenvalue weighted by Gasteiger charge is 2.26. The van der Waals surface area contributed by atoms with Crippen molar-refractivity contribution in [1.82, 2.24) is 5.32 Å². The summed E-state index contributed by atoms with van der Waals surface area (Å²) in [6.45, 7) is 2.22. The van der Waals surface area contributed by atoms with Crippen molar-refractivity contribution in [1.29, 1.82) is 0 Å². The van der Waals surface area contributed by atoms with Crippen LogP contribution in [-0.2, 0) is 5.33 Å². The smallest absolute Gasteiger partial charge is 0.251 e. The summed E-state index contributed by atoms with van der Waals surface area (Å²) in [6, 6.07) is 8.11. The SMILES string of the molecule is CC1CC(NC(=O)c2ccc(CBr)cc2)C1. The van der Waals surface area contributed by atoms with Gasteiger partial charge >= 0.3 is 0 Å². The first kappa shape index (κ1) is 11.6. The van der Waals surface area contributed by atoms with Crippen LogP contribution >= 0.6 is 15.9 Å². The number of carbonyl (C=O) groups excluding carboxylic acids is 1. The normalized spacial score (nSPS) is 23.6. The molecule has 0 unspecified atom stereocenters. The van der Waals surface area contributed by atoms with Gasteiger partial charge < -0.3 is 5.32 Å². The molecule has 0 aromatic heterocycles. The summed E-state index contributed by atoms with van der Waals surface area (Å²) >= 11 is 3.39. The third kappa shape index (κ3) is 2.64. The van der Waals surface area contributed by atoms with E-state index in [1.54, 1.807) is 0 Å². The van der Waals surface area contributed by atoms with Gasteiger partial charge in [0.05, 0.1) is 0 Å². The predicted octanol–water partition coefficient (Wildman–Crippen LogP) is 3.11. The van der Waals surface area contributed by atoms with Gasteiger partial charge in [-0.15, -0.1) is 0 Å². The van der Waals surface area contributed by atoms with Crippen LogP contribution in [-0.4, -0.2) is 11.9 Å². The van der Waals surface area contributed by atoms with Crippen molar-refractivity contribution in [2.45, 2.75) is 31.1 Å². The molecule has 0 bridgehead atoms. The molecule has 2 rings (SSSR count). The Bertz CT molecular complexity index is 368. The van der Waals surface area contributed by atoms with Gasteiger partial charge in [-0.25, -0.2) is 0 Å². The van der Waals surface area contributed by atoms with Crippen molar-refractivity contribution in [2.24, 2.45) is 5.92 Å². The zero-order valence-corrected chi connectivity index (χ0v) is 11.0. The van der Waals surface area contributed by atoms with E-state index in [9.17, 15) is 4.79 Å². The minimum Gasteiger partial charge on any atom is -0.349 e. The molecule has 1 aromatic carbocycles. The van der Waals surface area contributed by atoms with E-state index in [-0.39, 0.29) is 5.91 Å². The molecular weight excluding hydrogens is 266 g/mol. The second-order valence-corrected chi connectivity index (χ2v) is 5.14. The number of nitrogens with one attached hydrogen (secondary N) is 1. The summed E-state index contributed by atoms with van der Waals surface area (Å²) in [5.74, 6) is 0.819. The van der Waals surface area contributed by atoms with Gasteiger partial charge in [0.1, 0.15) is 0 Å². The fourth-order valence-corrected chi connectivity index (χ4v) is 2.41. The van der Waals surface area contributed by atoms with Crippen LogP contribution in [0.2, 0.25) is 0 Å². The molecule has 86 valence electrons. The van der Waals surface area contributed by atoms with Gasteiger partial charge in [-0.2, -0.15) is 0 Å². The Balaban J connectivity index is 1.93. The van der Waals surface area contributed by atoms with E-state index in [0.717, 1.165) is 29.7 Å². The molecule has 1 aliphatic carbocycles. The van der Waals surface area contributed by atoms with Gasteiger partial charge in [0.25, 0.3) is 5.91 Å². The average Bonchev–Trinajstić information content (AvgIpc) is 2.27. The lowest BCUT2D eigenvalue weighted by atomic mass is 9.82. The summed E-state index contributed by atoms with van der Waals surface area (Å²) in [7, 11) is 0. The molecule has 1 N–H and O–H groups in total. The molecule has 16 heavy (non-hydrogen) atoms. The highest BCUT2D eigenvalue weighted by atomic mass is 79.9. The first-order valence-electron chi connectivity index (χ1n) is 5.65. The van der Waals surface area contributed by atoms with E-state index in [2.05, 4.69) is 28.2 Å². The first-order chi connectivity index (χ1) is 7.69. The molecule has 0 aliphatic heterocycles. The van der Waals surface area contributed by atoms with E-state index >= 15 is 0 Å². The summed E-state index contributed by atoms with van der Waals surface area (Å²) in [4.78, 5) is 11.8. The van der Waals surface area contributed by atoms with Crippen molar-refractivity contribution >= 4 is 21.8 Å². The second kappa shape index (κ2) is 5.00. The lowest BCUT2D eigenvalue weighted by Gasteiger charge is -2.33. The number of rotatable bonds is 3. The lowest BCUT2D eigenvalue weighted by molar-refractivity contribution is 0.0896. The minimum absolute atomic E-state index is 0.0537. The van der Waals surface area contributed by atoms with Crippen molar-refractivity contribution in [3.63, 3.8) is 0 Å². The average molecular weight is 282 g/mol. The zero-order valence-electron chi connectivity index (χ0n) is 9.37. The van der Waals surface area contributed by atoms with Crippen LogP contribution in [0.25, 0.3) is 0 Å². The van der Waals surface area contributed by atoms with Crippen LogP contribution in [0.4, 0.5) is 0 Å². The molecule has 1 amide bonds. The predicted molar refractivity (Wildman–Crippen MR) is 68.7 cm³/mol. The number of halogens is 1. The Labute approximate surface area is 105 Å². The second-order valence-electron chi connectivity index (χ2n) is 4.58. The monoisotopic (exact) mass is 281 g/mol. The highest BCUT2D eigenvalue weighted by molar-refractivity contribution is 9.08. The van der Waals surface area contributed by atoms with E-state index < -0.39 is 0 Å². The summed E-state index contributed by atoms with van der Waals surface area (Å²) < 4.78 is 0. The van der Waals surface area contributed by atoms with E-state index in [0.29, 0.717) is 6.04 Å². The molecule has 0 radical (unpaired) electrons. The van der Waals surface area contributed by atoms with Crippen LogP contribution in [0.1, 0.15) is 35.7 Å². The van der Waals surface area contributed by atoms with E-state index in [1.165, 1.54) is 5.56 Å². The van der Waals surface area contributed by atoms with Crippen molar-refractivity contribution < 1.29 is 4.79 Å². The summed E-state index contributed by atoms with van der Waals surface area (Å²) in [6.07, 6.45) is 2.23. The lowest BCUT2D eigenvalue weighted by Crippen LogP contribution is -2.43. The number of carbonyl (C=O) groups is 1. The van der Waals surface area contributed by atoms with Gasteiger partial charge in [-0.1, -0.05) is 35.0 Å². The standard InChI is InChI=1S/C13H16BrNO/c1-9-6-12(7-9)15-13(16)11-4-2-10(8-14)3-5-11/h2-5,9,12H,6-8H2,1H3,(H,15,16).